The molecule has 0 atom stereocenters. The van der Waals surface area contributed by atoms with Crippen molar-refractivity contribution in [2.75, 3.05) is 12.3 Å². The molecule has 2 rings (SSSR count). The Balaban J connectivity index is 1.61. The van der Waals surface area contributed by atoms with Gasteiger partial charge >= 0.3 is 0 Å². The Kier molecular flexibility index (Phi) is 6.74. The van der Waals surface area contributed by atoms with Crippen molar-refractivity contribution in [3.63, 3.8) is 0 Å². The Morgan fingerprint density at radius 3 is 2.36 bits per heavy atom. The fourth-order valence-electron chi connectivity index (χ4n) is 1.89. The zero-order valence-electron chi connectivity index (χ0n) is 12.0. The van der Waals surface area contributed by atoms with Crippen LogP contribution >= 0.6 is 23.4 Å². The Morgan fingerprint density at radius 1 is 1.05 bits per heavy atom. The maximum atomic E-state index is 12.8. The van der Waals surface area contributed by atoms with Crippen LogP contribution in [0.5, 0.6) is 0 Å². The maximum Gasteiger partial charge on any atom is 0.230 e. The van der Waals surface area contributed by atoms with Crippen LogP contribution in [0.15, 0.2) is 48.5 Å². The lowest BCUT2D eigenvalue weighted by atomic mass is 10.1. The summed E-state index contributed by atoms with van der Waals surface area (Å²) in [5.41, 5.74) is 2.16. The SMILES string of the molecule is O=C(CSCc1ccc(F)cc1)NCCc1ccc(Cl)cc1. The number of hydrogen-bond acceptors (Lipinski definition) is 2. The fourth-order valence-corrected chi connectivity index (χ4v) is 2.83. The predicted octanol–water partition coefficient (Wildman–Crippen LogP) is 4.07. The summed E-state index contributed by atoms with van der Waals surface area (Å²) in [6, 6.07) is 13.9. The van der Waals surface area contributed by atoms with Crippen molar-refractivity contribution in [1.82, 2.24) is 5.32 Å². The zero-order chi connectivity index (χ0) is 15.8. The van der Waals surface area contributed by atoms with Gasteiger partial charge in [-0.15, -0.1) is 11.8 Å². The van der Waals surface area contributed by atoms with Crippen LogP contribution < -0.4 is 5.32 Å². The number of halogens is 2. The van der Waals surface area contributed by atoms with Gasteiger partial charge < -0.3 is 5.32 Å². The lowest BCUT2D eigenvalue weighted by Crippen LogP contribution is -2.27. The number of nitrogens with one attached hydrogen (secondary N) is 1. The molecule has 2 aromatic rings. The van der Waals surface area contributed by atoms with E-state index in [9.17, 15) is 9.18 Å². The van der Waals surface area contributed by atoms with Gasteiger partial charge in [-0.1, -0.05) is 35.9 Å². The van der Waals surface area contributed by atoms with Crippen molar-refractivity contribution in [3.05, 3.63) is 70.5 Å². The normalized spacial score (nSPS) is 10.5. The Labute approximate surface area is 139 Å². The summed E-state index contributed by atoms with van der Waals surface area (Å²) < 4.78 is 12.8. The van der Waals surface area contributed by atoms with Crippen molar-refractivity contribution in [1.29, 1.82) is 0 Å². The second-order valence-corrected chi connectivity index (χ2v) is 6.27. The third-order valence-corrected chi connectivity index (χ3v) is 4.32. The summed E-state index contributed by atoms with van der Waals surface area (Å²) in [5.74, 6) is 0.873. The van der Waals surface area contributed by atoms with Crippen molar-refractivity contribution >= 4 is 29.3 Å². The largest absolute Gasteiger partial charge is 0.355 e. The first-order valence-corrected chi connectivity index (χ1v) is 8.50. The number of hydrogen-bond donors (Lipinski definition) is 1. The first-order valence-electron chi connectivity index (χ1n) is 6.97. The molecule has 0 saturated heterocycles. The lowest BCUT2D eigenvalue weighted by molar-refractivity contribution is -0.118. The smallest absolute Gasteiger partial charge is 0.230 e. The van der Waals surface area contributed by atoms with Gasteiger partial charge in [0.1, 0.15) is 5.82 Å². The second-order valence-electron chi connectivity index (χ2n) is 4.85. The Bertz CT molecular complexity index is 548. The van der Waals surface area contributed by atoms with Crippen molar-refractivity contribution in [3.8, 4) is 0 Å². The van der Waals surface area contributed by atoms with Gasteiger partial charge in [-0.05, 0) is 41.8 Å². The van der Waals surface area contributed by atoms with E-state index in [1.807, 2.05) is 24.3 Å². The van der Waals surface area contributed by atoms with Gasteiger partial charge in [-0.2, -0.15) is 0 Å². The molecule has 22 heavy (non-hydrogen) atoms. The van der Waals surface area contributed by atoms with E-state index in [-0.39, 0.29) is 11.7 Å². The van der Waals surface area contributed by atoms with Crippen LogP contribution in [0.25, 0.3) is 0 Å². The van der Waals surface area contributed by atoms with Crippen LogP contribution in [0, 0.1) is 5.82 Å². The van der Waals surface area contributed by atoms with E-state index in [1.54, 1.807) is 12.1 Å². The van der Waals surface area contributed by atoms with E-state index < -0.39 is 0 Å². The summed E-state index contributed by atoms with van der Waals surface area (Å²) in [7, 11) is 0. The van der Waals surface area contributed by atoms with Crippen molar-refractivity contribution in [2.24, 2.45) is 0 Å². The van der Waals surface area contributed by atoms with E-state index in [0.717, 1.165) is 17.5 Å². The molecule has 0 aliphatic carbocycles. The molecule has 0 bridgehead atoms. The van der Waals surface area contributed by atoms with E-state index in [4.69, 9.17) is 11.6 Å². The molecule has 1 N–H and O–H groups in total. The highest BCUT2D eigenvalue weighted by molar-refractivity contribution is 7.99. The average molecular weight is 338 g/mol. The monoisotopic (exact) mass is 337 g/mol. The van der Waals surface area contributed by atoms with Gasteiger partial charge in [0.25, 0.3) is 0 Å². The topological polar surface area (TPSA) is 29.1 Å². The highest BCUT2D eigenvalue weighted by Gasteiger charge is 2.02. The molecule has 2 aromatic carbocycles. The Morgan fingerprint density at radius 2 is 1.68 bits per heavy atom. The first kappa shape index (κ1) is 16.8. The molecule has 1 amide bonds. The van der Waals surface area contributed by atoms with Gasteiger partial charge in [0.05, 0.1) is 5.75 Å². The van der Waals surface area contributed by atoms with Gasteiger partial charge in [0.2, 0.25) is 5.91 Å². The standard InChI is InChI=1S/C17H17ClFNOS/c18-15-5-1-13(2-6-15)9-10-20-17(21)12-22-11-14-3-7-16(19)8-4-14/h1-8H,9-12H2,(H,20,21). The van der Waals surface area contributed by atoms with Gasteiger partial charge in [0.15, 0.2) is 0 Å². The molecule has 0 spiro atoms. The quantitative estimate of drug-likeness (QED) is 0.825. The van der Waals surface area contributed by atoms with Crippen LogP contribution in [0.3, 0.4) is 0 Å². The highest BCUT2D eigenvalue weighted by atomic mass is 35.5. The molecular formula is C17H17ClFNOS. The third kappa shape index (κ3) is 6.08. The molecule has 0 aliphatic heterocycles. The Hall–Kier alpha value is -1.52. The predicted molar refractivity (Wildman–Crippen MR) is 90.7 cm³/mol. The van der Waals surface area contributed by atoms with Gasteiger partial charge in [-0.25, -0.2) is 4.39 Å². The number of amides is 1. The molecule has 0 aliphatic rings. The molecule has 0 saturated carbocycles. The number of thioether (sulfide) groups is 1. The summed E-state index contributed by atoms with van der Waals surface area (Å²) in [6.07, 6.45) is 0.783. The maximum absolute atomic E-state index is 12.8. The number of carbonyl (C=O) groups is 1. The van der Waals surface area contributed by atoms with Gasteiger partial charge in [-0.3, -0.25) is 4.79 Å². The van der Waals surface area contributed by atoms with Crippen molar-refractivity contribution in [2.45, 2.75) is 12.2 Å². The molecule has 0 radical (unpaired) electrons. The summed E-state index contributed by atoms with van der Waals surface area (Å²) in [4.78, 5) is 11.7. The van der Waals surface area contributed by atoms with Crippen LogP contribution in [-0.4, -0.2) is 18.2 Å². The summed E-state index contributed by atoms with van der Waals surface area (Å²) in [5, 5.41) is 3.60. The zero-order valence-corrected chi connectivity index (χ0v) is 13.6. The highest BCUT2D eigenvalue weighted by Crippen LogP contribution is 2.12. The average Bonchev–Trinajstić information content (AvgIpc) is 2.51. The molecule has 0 fully saturated rings. The third-order valence-electron chi connectivity index (χ3n) is 3.06. The van der Waals surface area contributed by atoms with Gasteiger partial charge in [0, 0.05) is 17.3 Å². The minimum absolute atomic E-state index is 0.0149. The van der Waals surface area contributed by atoms with Crippen LogP contribution in [0.2, 0.25) is 5.02 Å². The van der Waals surface area contributed by atoms with Crippen molar-refractivity contribution < 1.29 is 9.18 Å². The van der Waals surface area contributed by atoms with E-state index >= 15 is 0 Å². The first-order chi connectivity index (χ1) is 10.6. The second kappa shape index (κ2) is 8.81. The number of rotatable bonds is 7. The molecule has 0 unspecified atom stereocenters. The van der Waals surface area contributed by atoms with Crippen LogP contribution in [-0.2, 0) is 17.0 Å². The van der Waals surface area contributed by atoms with E-state index in [1.165, 1.54) is 23.9 Å². The van der Waals surface area contributed by atoms with E-state index in [0.29, 0.717) is 23.1 Å². The lowest BCUT2D eigenvalue weighted by Gasteiger charge is -2.06. The molecule has 116 valence electrons. The minimum atomic E-state index is -0.242. The molecule has 2 nitrogen and oxygen atoms in total. The molecular weight excluding hydrogens is 321 g/mol. The fraction of sp³-hybridized carbons (Fsp3) is 0.235. The number of benzene rings is 2. The number of carbonyl (C=O) groups excluding carboxylic acids is 1. The molecule has 0 heterocycles. The summed E-state index contributed by atoms with van der Waals surface area (Å²) >= 11 is 7.34. The van der Waals surface area contributed by atoms with E-state index in [2.05, 4.69) is 5.32 Å². The molecule has 5 heteroatoms. The molecule has 0 aromatic heterocycles. The van der Waals surface area contributed by atoms with Crippen LogP contribution in [0.1, 0.15) is 11.1 Å². The van der Waals surface area contributed by atoms with Crippen LogP contribution in [0.4, 0.5) is 4.39 Å². The minimum Gasteiger partial charge on any atom is -0.355 e. The summed E-state index contributed by atoms with van der Waals surface area (Å²) in [6.45, 7) is 0.609.